The maximum atomic E-state index is 9.40. The maximum Gasteiger partial charge on any atom is 0.488 e. The van der Waals surface area contributed by atoms with Crippen molar-refractivity contribution < 1.29 is 10.0 Å². The number of hydrogen-bond donors (Lipinski definition) is 2. The monoisotopic (exact) mass is 252 g/mol. The molecule has 0 fully saturated rings. The van der Waals surface area contributed by atoms with Gasteiger partial charge in [-0.3, -0.25) is 0 Å². The van der Waals surface area contributed by atoms with Crippen molar-refractivity contribution in [1.82, 2.24) is 9.13 Å². The van der Waals surface area contributed by atoms with Gasteiger partial charge < -0.3 is 19.2 Å². The highest BCUT2D eigenvalue weighted by Crippen LogP contribution is 2.14. The van der Waals surface area contributed by atoms with Crippen molar-refractivity contribution in [1.29, 1.82) is 0 Å². The van der Waals surface area contributed by atoms with E-state index < -0.39 is 7.12 Å². The Labute approximate surface area is 111 Å². The van der Waals surface area contributed by atoms with E-state index in [-0.39, 0.29) is 0 Å². The molecule has 1 aromatic carbocycles. The molecule has 0 radical (unpaired) electrons. The largest absolute Gasteiger partial charge is 0.488 e. The van der Waals surface area contributed by atoms with E-state index in [4.69, 9.17) is 0 Å². The Morgan fingerprint density at radius 1 is 0.684 bits per heavy atom. The van der Waals surface area contributed by atoms with Crippen LogP contribution in [0, 0.1) is 0 Å². The summed E-state index contributed by atoms with van der Waals surface area (Å²) < 4.78 is 3.86. The van der Waals surface area contributed by atoms with Crippen molar-refractivity contribution in [3.05, 3.63) is 67.3 Å². The Balaban J connectivity index is 2.15. The molecule has 2 N–H and O–H groups in total. The van der Waals surface area contributed by atoms with Crippen LogP contribution in [0.1, 0.15) is 0 Å². The average molecular weight is 252 g/mol. The van der Waals surface area contributed by atoms with Gasteiger partial charge in [0.2, 0.25) is 0 Å². The molecular formula is C14H13BN2O2. The van der Waals surface area contributed by atoms with E-state index in [1.54, 1.807) is 12.1 Å². The molecule has 0 aliphatic carbocycles. The summed E-state index contributed by atoms with van der Waals surface area (Å²) in [6, 6.07) is 13.2. The van der Waals surface area contributed by atoms with Gasteiger partial charge in [-0.2, -0.15) is 0 Å². The van der Waals surface area contributed by atoms with E-state index in [0.29, 0.717) is 5.46 Å². The molecule has 0 bridgehead atoms. The van der Waals surface area contributed by atoms with Gasteiger partial charge in [0.25, 0.3) is 0 Å². The van der Waals surface area contributed by atoms with E-state index in [1.165, 1.54) is 0 Å². The summed E-state index contributed by atoms with van der Waals surface area (Å²) in [5.74, 6) is 0. The van der Waals surface area contributed by atoms with Gasteiger partial charge in [-0.25, -0.2) is 0 Å². The van der Waals surface area contributed by atoms with Gasteiger partial charge in [0.1, 0.15) is 0 Å². The Morgan fingerprint density at radius 2 is 1.11 bits per heavy atom. The second-order valence-corrected chi connectivity index (χ2v) is 4.34. The number of hydrogen-bond acceptors (Lipinski definition) is 2. The van der Waals surface area contributed by atoms with Crippen LogP contribution >= 0.6 is 0 Å². The number of nitrogens with zero attached hydrogens (tertiary/aromatic N) is 2. The zero-order valence-electron chi connectivity index (χ0n) is 10.2. The molecule has 0 saturated carbocycles. The fourth-order valence-electron chi connectivity index (χ4n) is 2.08. The molecule has 0 saturated heterocycles. The van der Waals surface area contributed by atoms with Crippen LogP contribution in [0.5, 0.6) is 0 Å². The molecule has 0 aliphatic heterocycles. The lowest BCUT2D eigenvalue weighted by Crippen LogP contribution is -2.30. The van der Waals surface area contributed by atoms with Gasteiger partial charge in [-0.05, 0) is 47.9 Å². The van der Waals surface area contributed by atoms with Crippen LogP contribution in [0.4, 0.5) is 0 Å². The molecule has 94 valence electrons. The smallest absolute Gasteiger partial charge is 0.423 e. The number of rotatable bonds is 3. The van der Waals surface area contributed by atoms with E-state index in [2.05, 4.69) is 0 Å². The van der Waals surface area contributed by atoms with Crippen LogP contribution < -0.4 is 5.46 Å². The lowest BCUT2D eigenvalue weighted by Gasteiger charge is -2.11. The minimum Gasteiger partial charge on any atom is -0.423 e. The molecule has 0 atom stereocenters. The Kier molecular flexibility index (Phi) is 2.99. The number of aromatic nitrogens is 2. The van der Waals surface area contributed by atoms with E-state index in [0.717, 1.165) is 11.4 Å². The highest BCUT2D eigenvalue weighted by Gasteiger charge is 2.14. The quantitative estimate of drug-likeness (QED) is 0.682. The van der Waals surface area contributed by atoms with Gasteiger partial charge in [0.15, 0.2) is 0 Å². The van der Waals surface area contributed by atoms with Gasteiger partial charge in [-0.15, -0.1) is 0 Å². The van der Waals surface area contributed by atoms with Crippen LogP contribution in [0.3, 0.4) is 0 Å². The first kappa shape index (κ1) is 11.8. The lowest BCUT2D eigenvalue weighted by molar-refractivity contribution is 0.425. The first-order valence-corrected chi connectivity index (χ1v) is 6.02. The molecular weight excluding hydrogens is 239 g/mol. The standard InChI is InChI=1S/C14H13BN2O2/c18-15(19)12-9-13(16-5-1-2-6-16)11-14(10-12)17-7-3-4-8-17/h1-11,18-19H. The predicted octanol–water partition coefficient (Wildman–Crippen LogP) is 0.948. The second-order valence-electron chi connectivity index (χ2n) is 4.34. The summed E-state index contributed by atoms with van der Waals surface area (Å²) in [6.45, 7) is 0. The molecule has 2 aromatic heterocycles. The second kappa shape index (κ2) is 4.80. The lowest BCUT2D eigenvalue weighted by atomic mass is 9.80. The van der Waals surface area contributed by atoms with Crippen molar-refractivity contribution in [3.63, 3.8) is 0 Å². The first-order chi connectivity index (χ1) is 9.24. The van der Waals surface area contributed by atoms with E-state index >= 15 is 0 Å². The van der Waals surface area contributed by atoms with E-state index in [1.807, 2.05) is 64.3 Å². The van der Waals surface area contributed by atoms with Crippen LogP contribution in [0.15, 0.2) is 67.3 Å². The minimum atomic E-state index is -1.48. The fourth-order valence-corrected chi connectivity index (χ4v) is 2.08. The van der Waals surface area contributed by atoms with Crippen LogP contribution in [-0.2, 0) is 0 Å². The normalized spacial score (nSPS) is 10.6. The molecule has 3 rings (SSSR count). The molecule has 19 heavy (non-hydrogen) atoms. The predicted molar refractivity (Wildman–Crippen MR) is 74.9 cm³/mol. The maximum absolute atomic E-state index is 9.40. The molecule has 0 amide bonds. The Bertz CT molecular complexity index is 608. The number of benzene rings is 1. The minimum absolute atomic E-state index is 0.468. The highest BCUT2D eigenvalue weighted by molar-refractivity contribution is 6.58. The van der Waals surface area contributed by atoms with Crippen molar-refractivity contribution >= 4 is 12.6 Å². The Morgan fingerprint density at radius 3 is 1.47 bits per heavy atom. The zero-order valence-corrected chi connectivity index (χ0v) is 10.2. The summed E-state index contributed by atoms with van der Waals surface area (Å²) in [5, 5.41) is 18.8. The third kappa shape index (κ3) is 2.34. The molecule has 0 aliphatic rings. The summed E-state index contributed by atoms with van der Waals surface area (Å²) in [5.41, 5.74) is 2.24. The molecule has 3 aromatic rings. The summed E-state index contributed by atoms with van der Waals surface area (Å²) in [4.78, 5) is 0. The molecule has 2 heterocycles. The zero-order chi connectivity index (χ0) is 13.2. The fraction of sp³-hybridized carbons (Fsp3) is 0. The summed E-state index contributed by atoms with van der Waals surface area (Å²) in [7, 11) is -1.48. The first-order valence-electron chi connectivity index (χ1n) is 6.02. The summed E-state index contributed by atoms with van der Waals surface area (Å²) >= 11 is 0. The van der Waals surface area contributed by atoms with Gasteiger partial charge in [0.05, 0.1) is 0 Å². The molecule has 5 heteroatoms. The molecule has 0 spiro atoms. The van der Waals surface area contributed by atoms with E-state index in [9.17, 15) is 10.0 Å². The average Bonchev–Trinajstić information content (AvgIpc) is 3.11. The highest BCUT2D eigenvalue weighted by atomic mass is 16.4. The van der Waals surface area contributed by atoms with Crippen molar-refractivity contribution in [3.8, 4) is 11.4 Å². The van der Waals surface area contributed by atoms with Crippen molar-refractivity contribution in [2.24, 2.45) is 0 Å². The third-order valence-corrected chi connectivity index (χ3v) is 3.03. The Hall–Kier alpha value is -2.24. The SMILES string of the molecule is OB(O)c1cc(-n2cccc2)cc(-n2cccc2)c1. The van der Waals surface area contributed by atoms with Gasteiger partial charge in [0, 0.05) is 36.2 Å². The van der Waals surface area contributed by atoms with Gasteiger partial charge >= 0.3 is 7.12 Å². The van der Waals surface area contributed by atoms with Crippen LogP contribution in [-0.4, -0.2) is 26.3 Å². The van der Waals surface area contributed by atoms with Crippen LogP contribution in [0.25, 0.3) is 11.4 Å². The molecule has 4 nitrogen and oxygen atoms in total. The molecule has 0 unspecified atom stereocenters. The third-order valence-electron chi connectivity index (χ3n) is 3.03. The topological polar surface area (TPSA) is 50.3 Å². The van der Waals surface area contributed by atoms with Crippen LogP contribution in [0.2, 0.25) is 0 Å². The summed E-state index contributed by atoms with van der Waals surface area (Å²) in [6.07, 6.45) is 7.68. The van der Waals surface area contributed by atoms with Crippen molar-refractivity contribution in [2.75, 3.05) is 0 Å². The van der Waals surface area contributed by atoms with Crippen molar-refractivity contribution in [2.45, 2.75) is 0 Å². The van der Waals surface area contributed by atoms with Gasteiger partial charge in [-0.1, -0.05) is 0 Å².